The van der Waals surface area contributed by atoms with E-state index in [1.54, 1.807) is 0 Å². The van der Waals surface area contributed by atoms with Crippen LogP contribution in [0, 0.1) is 13.8 Å². The summed E-state index contributed by atoms with van der Waals surface area (Å²) in [5.74, 6) is 0.993. The average Bonchev–Trinajstić information content (AvgIpc) is 2.42. The van der Waals surface area contributed by atoms with Gasteiger partial charge in [-0.1, -0.05) is 61.4 Å². The van der Waals surface area contributed by atoms with Crippen LogP contribution in [0.3, 0.4) is 0 Å². The van der Waals surface area contributed by atoms with Gasteiger partial charge in [0.15, 0.2) is 0 Å². The van der Waals surface area contributed by atoms with Gasteiger partial charge in [-0.2, -0.15) is 0 Å². The van der Waals surface area contributed by atoms with Crippen LogP contribution >= 0.6 is 0 Å². The minimum absolute atomic E-state index is 0.146. The third-order valence-corrected chi connectivity index (χ3v) is 3.32. The molecule has 100 valence electrons. The van der Waals surface area contributed by atoms with Crippen molar-refractivity contribution in [1.82, 2.24) is 0 Å². The van der Waals surface area contributed by atoms with E-state index < -0.39 is 0 Å². The minimum atomic E-state index is 0.146. The van der Waals surface area contributed by atoms with E-state index in [-0.39, 0.29) is 6.10 Å². The van der Waals surface area contributed by atoms with Crippen LogP contribution in [0.15, 0.2) is 48.5 Å². The molecule has 1 unspecified atom stereocenters. The molecule has 1 nitrogen and oxygen atoms in total. The smallest absolute Gasteiger partial charge is 0.124 e. The number of aryl methyl sites for hydroxylation is 2. The van der Waals surface area contributed by atoms with E-state index in [2.05, 4.69) is 63.2 Å². The van der Waals surface area contributed by atoms with Crippen molar-refractivity contribution in [3.05, 3.63) is 65.2 Å². The van der Waals surface area contributed by atoms with Crippen LogP contribution in [0.1, 0.15) is 42.6 Å². The SMILES string of the molecule is CCCC(Oc1ccc(C)cc1C)c1ccccc1. The average molecular weight is 254 g/mol. The first kappa shape index (κ1) is 13.7. The summed E-state index contributed by atoms with van der Waals surface area (Å²) in [6.07, 6.45) is 2.30. The van der Waals surface area contributed by atoms with Crippen molar-refractivity contribution < 1.29 is 4.74 Å². The monoisotopic (exact) mass is 254 g/mol. The van der Waals surface area contributed by atoms with Crippen molar-refractivity contribution in [1.29, 1.82) is 0 Å². The summed E-state index contributed by atoms with van der Waals surface area (Å²) < 4.78 is 6.23. The molecule has 1 heteroatoms. The summed E-state index contributed by atoms with van der Waals surface area (Å²) >= 11 is 0. The molecule has 2 rings (SSSR count). The van der Waals surface area contributed by atoms with E-state index in [9.17, 15) is 0 Å². The minimum Gasteiger partial charge on any atom is -0.485 e. The summed E-state index contributed by atoms with van der Waals surface area (Å²) in [5, 5.41) is 0. The first-order chi connectivity index (χ1) is 9.20. The predicted octanol–water partition coefficient (Wildman–Crippen LogP) is 5.22. The fourth-order valence-electron chi connectivity index (χ4n) is 2.31. The van der Waals surface area contributed by atoms with Gasteiger partial charge in [-0.25, -0.2) is 0 Å². The van der Waals surface area contributed by atoms with Crippen molar-refractivity contribution in [2.75, 3.05) is 0 Å². The van der Waals surface area contributed by atoms with Crippen LogP contribution < -0.4 is 4.74 Å². The normalized spacial score (nSPS) is 12.2. The van der Waals surface area contributed by atoms with Crippen molar-refractivity contribution in [3.8, 4) is 5.75 Å². The van der Waals surface area contributed by atoms with E-state index in [4.69, 9.17) is 4.74 Å². The Bertz CT molecular complexity index is 516. The Labute approximate surface area is 116 Å². The van der Waals surface area contributed by atoms with E-state index in [0.717, 1.165) is 18.6 Å². The Morgan fingerprint density at radius 1 is 1.00 bits per heavy atom. The lowest BCUT2D eigenvalue weighted by Gasteiger charge is -2.20. The molecule has 1 atom stereocenters. The lowest BCUT2D eigenvalue weighted by molar-refractivity contribution is 0.192. The van der Waals surface area contributed by atoms with E-state index in [1.165, 1.54) is 16.7 Å². The fourth-order valence-corrected chi connectivity index (χ4v) is 2.31. The van der Waals surface area contributed by atoms with Crippen LogP contribution in [0.5, 0.6) is 5.75 Å². The highest BCUT2D eigenvalue weighted by Crippen LogP contribution is 2.28. The summed E-state index contributed by atoms with van der Waals surface area (Å²) in [6, 6.07) is 16.8. The predicted molar refractivity (Wildman–Crippen MR) is 80.6 cm³/mol. The number of hydrogen-bond donors (Lipinski definition) is 0. The van der Waals surface area contributed by atoms with Crippen molar-refractivity contribution in [3.63, 3.8) is 0 Å². The Morgan fingerprint density at radius 2 is 1.74 bits per heavy atom. The van der Waals surface area contributed by atoms with Crippen LogP contribution in [0.2, 0.25) is 0 Å². The first-order valence-electron chi connectivity index (χ1n) is 6.99. The maximum absolute atomic E-state index is 6.23. The first-order valence-corrected chi connectivity index (χ1v) is 6.99. The highest BCUT2D eigenvalue weighted by atomic mass is 16.5. The summed E-state index contributed by atoms with van der Waals surface area (Å²) in [7, 11) is 0. The van der Waals surface area contributed by atoms with Crippen LogP contribution in [-0.2, 0) is 0 Å². The molecule has 0 aliphatic carbocycles. The Morgan fingerprint density at radius 3 is 2.37 bits per heavy atom. The van der Waals surface area contributed by atoms with Gasteiger partial charge in [0.25, 0.3) is 0 Å². The second kappa shape index (κ2) is 6.42. The zero-order valence-corrected chi connectivity index (χ0v) is 12.0. The van der Waals surface area contributed by atoms with Crippen LogP contribution in [-0.4, -0.2) is 0 Å². The van der Waals surface area contributed by atoms with Gasteiger partial charge in [-0.05, 0) is 37.5 Å². The van der Waals surface area contributed by atoms with Gasteiger partial charge in [0.2, 0.25) is 0 Å². The second-order valence-corrected chi connectivity index (χ2v) is 5.07. The Kier molecular flexibility index (Phi) is 4.62. The molecule has 0 heterocycles. The van der Waals surface area contributed by atoms with Crippen molar-refractivity contribution >= 4 is 0 Å². The zero-order chi connectivity index (χ0) is 13.7. The van der Waals surface area contributed by atoms with Gasteiger partial charge in [0.05, 0.1) is 0 Å². The molecule has 0 aromatic heterocycles. The molecule has 2 aromatic carbocycles. The molecule has 19 heavy (non-hydrogen) atoms. The molecule has 0 saturated heterocycles. The quantitative estimate of drug-likeness (QED) is 0.710. The molecule has 0 spiro atoms. The maximum atomic E-state index is 6.23. The number of benzene rings is 2. The van der Waals surface area contributed by atoms with Gasteiger partial charge < -0.3 is 4.74 Å². The number of ether oxygens (including phenoxy) is 1. The van der Waals surface area contributed by atoms with E-state index >= 15 is 0 Å². The molecule has 0 fully saturated rings. The molecule has 0 saturated carbocycles. The molecule has 0 bridgehead atoms. The number of hydrogen-bond acceptors (Lipinski definition) is 1. The van der Waals surface area contributed by atoms with Gasteiger partial charge in [0.1, 0.15) is 11.9 Å². The fraction of sp³-hybridized carbons (Fsp3) is 0.333. The number of rotatable bonds is 5. The molecule has 0 amide bonds. The molecule has 0 radical (unpaired) electrons. The highest BCUT2D eigenvalue weighted by Gasteiger charge is 2.13. The lowest BCUT2D eigenvalue weighted by Crippen LogP contribution is -2.08. The zero-order valence-electron chi connectivity index (χ0n) is 12.0. The topological polar surface area (TPSA) is 9.23 Å². The van der Waals surface area contributed by atoms with Gasteiger partial charge >= 0.3 is 0 Å². The molecule has 0 N–H and O–H groups in total. The maximum Gasteiger partial charge on any atom is 0.124 e. The Balaban J connectivity index is 2.21. The third-order valence-electron chi connectivity index (χ3n) is 3.32. The summed E-state index contributed by atoms with van der Waals surface area (Å²) in [4.78, 5) is 0. The molecule has 0 aliphatic heterocycles. The summed E-state index contributed by atoms with van der Waals surface area (Å²) in [5.41, 5.74) is 3.73. The van der Waals surface area contributed by atoms with E-state index in [0.29, 0.717) is 0 Å². The van der Waals surface area contributed by atoms with Gasteiger partial charge in [-0.3, -0.25) is 0 Å². The molecule has 2 aromatic rings. The third kappa shape index (κ3) is 3.60. The van der Waals surface area contributed by atoms with Crippen LogP contribution in [0.25, 0.3) is 0 Å². The van der Waals surface area contributed by atoms with Crippen molar-refractivity contribution in [2.24, 2.45) is 0 Å². The molecular weight excluding hydrogens is 232 g/mol. The molecule has 0 aliphatic rings. The lowest BCUT2D eigenvalue weighted by atomic mass is 10.0. The van der Waals surface area contributed by atoms with Crippen LogP contribution in [0.4, 0.5) is 0 Å². The largest absolute Gasteiger partial charge is 0.485 e. The molecular formula is C18H22O. The highest BCUT2D eigenvalue weighted by molar-refractivity contribution is 5.36. The van der Waals surface area contributed by atoms with Gasteiger partial charge in [0, 0.05) is 0 Å². The standard InChI is InChI=1S/C18H22O/c1-4-8-18(16-9-6-5-7-10-16)19-17-12-11-14(2)13-15(17)3/h5-7,9-13,18H,4,8H2,1-3H3. The summed E-state index contributed by atoms with van der Waals surface area (Å²) in [6.45, 7) is 6.41. The Hall–Kier alpha value is -1.76. The second-order valence-electron chi connectivity index (χ2n) is 5.07. The van der Waals surface area contributed by atoms with Crippen molar-refractivity contribution in [2.45, 2.75) is 39.7 Å². The van der Waals surface area contributed by atoms with Gasteiger partial charge in [-0.15, -0.1) is 0 Å². The van der Waals surface area contributed by atoms with E-state index in [1.807, 2.05) is 6.07 Å².